The van der Waals surface area contributed by atoms with Crippen molar-refractivity contribution in [3.63, 3.8) is 0 Å². The fourth-order valence-electron chi connectivity index (χ4n) is 6.86. The van der Waals surface area contributed by atoms with Crippen LogP contribution in [0.4, 0.5) is 11.5 Å². The third-order valence-corrected chi connectivity index (χ3v) is 9.15. The number of hydrogen-bond donors (Lipinski definition) is 2. The molecule has 0 spiro atoms. The van der Waals surface area contributed by atoms with Gasteiger partial charge in [-0.05, 0) is 69.3 Å². The maximum absolute atomic E-state index is 10.1. The molecule has 3 aromatic rings. The predicted octanol–water partition coefficient (Wildman–Crippen LogP) is 3.97. The Bertz CT molecular complexity index is 1360. The summed E-state index contributed by atoms with van der Waals surface area (Å²) in [4.78, 5) is 17.2. The highest BCUT2D eigenvalue weighted by Crippen LogP contribution is 2.39. The average Bonchev–Trinajstić information content (AvgIpc) is 3.48. The Morgan fingerprint density at radius 1 is 1.08 bits per heavy atom. The van der Waals surface area contributed by atoms with Gasteiger partial charge in [0.1, 0.15) is 18.2 Å². The second-order valence-electron chi connectivity index (χ2n) is 11.4. The van der Waals surface area contributed by atoms with Gasteiger partial charge < -0.3 is 29.9 Å². The first-order valence-corrected chi connectivity index (χ1v) is 14.3. The normalized spacial score (nSPS) is 25.3. The predicted molar refractivity (Wildman–Crippen MR) is 151 cm³/mol. The number of nitrogens with zero attached hydrogens (tertiary/aromatic N) is 5. The molecule has 0 saturated carbocycles. The summed E-state index contributed by atoms with van der Waals surface area (Å²) < 4.78 is 6.30. The molecular formula is C29H35ClN6O2. The smallest absolute Gasteiger partial charge is 0.318 e. The van der Waals surface area contributed by atoms with Gasteiger partial charge in [0.15, 0.2) is 0 Å². The number of likely N-dealkylation sites (N-methyl/N-ethyl adjacent to an activating group) is 1. The standard InChI is InChI=1S/C29H35ClN6O2/c1-34-10-3-5-21(34)17-38-29-32-25-16-35(26-6-2-4-18-12-22(37)13-24(30)27(18)26)11-9-23(25)28(33-29)36-14-19-7-8-20(15-36)31-19/h2,4,6,12-13,19-21,31,37H,3,5,7-11,14-17H2,1H3/t19-,20+,21-/m0/s1. The molecule has 7 rings (SSSR count). The van der Waals surface area contributed by atoms with E-state index in [0.717, 1.165) is 67.0 Å². The summed E-state index contributed by atoms with van der Waals surface area (Å²) in [5.74, 6) is 1.24. The fraction of sp³-hybridized carbons (Fsp3) is 0.517. The first-order valence-electron chi connectivity index (χ1n) is 13.9. The van der Waals surface area contributed by atoms with E-state index in [1.54, 1.807) is 12.1 Å². The highest BCUT2D eigenvalue weighted by atomic mass is 35.5. The Labute approximate surface area is 228 Å². The molecule has 3 atom stereocenters. The molecule has 0 aliphatic carbocycles. The van der Waals surface area contributed by atoms with Gasteiger partial charge in [-0.25, -0.2) is 0 Å². The minimum absolute atomic E-state index is 0.181. The van der Waals surface area contributed by atoms with Crippen molar-refractivity contribution in [2.24, 2.45) is 0 Å². The second-order valence-corrected chi connectivity index (χ2v) is 11.8. The van der Waals surface area contributed by atoms with Crippen molar-refractivity contribution in [1.82, 2.24) is 20.2 Å². The number of ether oxygens (including phenoxy) is 1. The van der Waals surface area contributed by atoms with Gasteiger partial charge >= 0.3 is 6.01 Å². The zero-order valence-electron chi connectivity index (χ0n) is 21.9. The largest absolute Gasteiger partial charge is 0.508 e. The van der Waals surface area contributed by atoms with Crippen molar-refractivity contribution in [2.75, 3.05) is 49.6 Å². The van der Waals surface area contributed by atoms with Gasteiger partial charge in [0, 0.05) is 54.4 Å². The Hall–Kier alpha value is -2.81. The lowest BCUT2D eigenvalue weighted by molar-refractivity contribution is 0.187. The minimum atomic E-state index is 0.181. The van der Waals surface area contributed by atoms with Gasteiger partial charge in [-0.15, -0.1) is 0 Å². The number of benzene rings is 2. The minimum Gasteiger partial charge on any atom is -0.508 e. The summed E-state index contributed by atoms with van der Waals surface area (Å²) in [6.07, 6.45) is 5.70. The molecule has 0 amide bonds. The van der Waals surface area contributed by atoms with Crippen LogP contribution in [-0.2, 0) is 13.0 Å². The van der Waals surface area contributed by atoms with Gasteiger partial charge in [0.05, 0.1) is 17.3 Å². The zero-order chi connectivity index (χ0) is 25.8. The molecule has 1 aromatic heterocycles. The van der Waals surface area contributed by atoms with Crippen LogP contribution in [0, 0.1) is 0 Å². The summed E-state index contributed by atoms with van der Waals surface area (Å²) in [6.45, 7) is 5.22. The molecule has 0 radical (unpaired) electrons. The fourth-order valence-corrected chi connectivity index (χ4v) is 7.17. The van der Waals surface area contributed by atoms with Gasteiger partial charge in [-0.1, -0.05) is 23.7 Å². The first kappa shape index (κ1) is 24.2. The van der Waals surface area contributed by atoms with E-state index in [1.807, 2.05) is 12.1 Å². The number of nitrogens with one attached hydrogen (secondary N) is 1. The van der Waals surface area contributed by atoms with Crippen LogP contribution in [0.15, 0.2) is 30.3 Å². The highest BCUT2D eigenvalue weighted by molar-refractivity contribution is 6.36. The summed E-state index contributed by atoms with van der Waals surface area (Å²) in [5, 5.41) is 16.3. The Balaban J connectivity index is 1.23. The average molecular weight is 535 g/mol. The van der Waals surface area contributed by atoms with Crippen molar-refractivity contribution in [3.8, 4) is 11.8 Å². The topological polar surface area (TPSA) is 77.0 Å². The number of aromatic hydroxyl groups is 1. The lowest BCUT2D eigenvalue weighted by atomic mass is 10.0. The molecule has 4 aliphatic heterocycles. The number of halogens is 1. The summed E-state index contributed by atoms with van der Waals surface area (Å²) >= 11 is 6.64. The summed E-state index contributed by atoms with van der Waals surface area (Å²) in [7, 11) is 2.17. The number of hydrogen-bond acceptors (Lipinski definition) is 8. The van der Waals surface area contributed by atoms with Crippen LogP contribution < -0.4 is 19.9 Å². The van der Waals surface area contributed by atoms with Crippen molar-refractivity contribution in [3.05, 3.63) is 46.6 Å². The van der Waals surface area contributed by atoms with Crippen LogP contribution in [0.2, 0.25) is 5.02 Å². The van der Waals surface area contributed by atoms with E-state index in [2.05, 4.69) is 33.1 Å². The number of phenols is 1. The number of aromatic nitrogens is 2. The van der Waals surface area contributed by atoms with Crippen LogP contribution in [0.1, 0.15) is 36.9 Å². The third-order valence-electron chi connectivity index (χ3n) is 8.85. The summed E-state index contributed by atoms with van der Waals surface area (Å²) in [5.41, 5.74) is 3.35. The molecule has 9 heteroatoms. The maximum Gasteiger partial charge on any atom is 0.318 e. The molecule has 5 heterocycles. The third kappa shape index (κ3) is 4.42. The van der Waals surface area contributed by atoms with Crippen LogP contribution >= 0.6 is 11.6 Å². The quantitative estimate of drug-likeness (QED) is 0.509. The van der Waals surface area contributed by atoms with Gasteiger partial charge in [0.2, 0.25) is 0 Å². The SMILES string of the molecule is CN1CCC[C@H]1COc1nc2c(c(N3C[C@H]4CC[C@@H](C3)N4)n1)CCN(c1cccc3cc(O)cc(Cl)c13)C2. The van der Waals surface area contributed by atoms with Gasteiger partial charge in [-0.3, -0.25) is 0 Å². The molecule has 0 unspecified atom stereocenters. The van der Waals surface area contributed by atoms with Gasteiger partial charge in [-0.2, -0.15) is 9.97 Å². The van der Waals surface area contributed by atoms with E-state index in [0.29, 0.717) is 42.3 Å². The van der Waals surface area contributed by atoms with Crippen molar-refractivity contribution in [1.29, 1.82) is 0 Å². The summed E-state index contributed by atoms with van der Waals surface area (Å²) in [6, 6.07) is 11.5. The zero-order valence-corrected chi connectivity index (χ0v) is 22.6. The molecule has 200 valence electrons. The van der Waals surface area contributed by atoms with E-state index < -0.39 is 0 Å². The van der Waals surface area contributed by atoms with E-state index in [1.165, 1.54) is 24.8 Å². The molecule has 4 aliphatic rings. The molecule has 8 nitrogen and oxygen atoms in total. The van der Waals surface area contributed by atoms with Crippen LogP contribution in [-0.4, -0.2) is 77.9 Å². The van der Waals surface area contributed by atoms with E-state index in [-0.39, 0.29) is 5.75 Å². The lowest BCUT2D eigenvalue weighted by Crippen LogP contribution is -2.52. The van der Waals surface area contributed by atoms with Crippen molar-refractivity contribution >= 4 is 33.9 Å². The molecule has 2 bridgehead atoms. The van der Waals surface area contributed by atoms with Crippen LogP contribution in [0.5, 0.6) is 11.8 Å². The second kappa shape index (κ2) is 9.74. The molecule has 3 fully saturated rings. The molecule has 2 N–H and O–H groups in total. The maximum atomic E-state index is 10.1. The van der Waals surface area contributed by atoms with Gasteiger partial charge in [0.25, 0.3) is 0 Å². The highest BCUT2D eigenvalue weighted by Gasteiger charge is 2.35. The monoisotopic (exact) mass is 534 g/mol. The molecule has 38 heavy (non-hydrogen) atoms. The van der Waals surface area contributed by atoms with Crippen molar-refractivity contribution in [2.45, 2.75) is 56.8 Å². The number of likely N-dealkylation sites (tertiary alicyclic amines) is 1. The molecule has 3 saturated heterocycles. The number of phenolic OH excluding ortho intramolecular Hbond substituents is 1. The van der Waals surface area contributed by atoms with Crippen molar-refractivity contribution < 1.29 is 9.84 Å². The van der Waals surface area contributed by atoms with Crippen LogP contribution in [0.25, 0.3) is 10.8 Å². The lowest BCUT2D eigenvalue weighted by Gasteiger charge is -2.37. The molecule has 2 aromatic carbocycles. The first-order chi connectivity index (χ1) is 18.5. The number of piperazine rings is 1. The Morgan fingerprint density at radius 3 is 2.71 bits per heavy atom. The van der Waals surface area contributed by atoms with Crippen LogP contribution in [0.3, 0.4) is 0 Å². The number of rotatable bonds is 5. The molecular weight excluding hydrogens is 500 g/mol. The number of anilines is 2. The Kier molecular flexibility index (Phi) is 6.21. The number of fused-ring (bicyclic) bond motifs is 4. The van der Waals surface area contributed by atoms with E-state index >= 15 is 0 Å². The Morgan fingerprint density at radius 2 is 1.92 bits per heavy atom. The van der Waals surface area contributed by atoms with E-state index in [4.69, 9.17) is 26.3 Å². The van der Waals surface area contributed by atoms with E-state index in [9.17, 15) is 5.11 Å².